The molecule has 0 atom stereocenters. The molecule has 19 heavy (non-hydrogen) atoms. The zero-order chi connectivity index (χ0) is 13.8. The van der Waals surface area contributed by atoms with Crippen molar-refractivity contribution < 1.29 is 13.6 Å². The summed E-state index contributed by atoms with van der Waals surface area (Å²) in [6.45, 7) is 0. The van der Waals surface area contributed by atoms with Gasteiger partial charge in [-0.3, -0.25) is 4.79 Å². The van der Waals surface area contributed by atoms with E-state index in [-0.39, 0.29) is 12.3 Å². The van der Waals surface area contributed by atoms with Crippen LogP contribution in [0.3, 0.4) is 0 Å². The van der Waals surface area contributed by atoms with Crippen LogP contribution in [-0.4, -0.2) is 10.9 Å². The first kappa shape index (κ1) is 13.6. The number of pyridine rings is 1. The lowest BCUT2D eigenvalue weighted by atomic mass is 10.1. The molecular weight excluding hydrogens is 318 g/mol. The highest BCUT2D eigenvalue weighted by molar-refractivity contribution is 9.10. The van der Waals surface area contributed by atoms with E-state index in [1.54, 1.807) is 18.2 Å². The highest BCUT2D eigenvalue weighted by atomic mass is 79.9. The summed E-state index contributed by atoms with van der Waals surface area (Å²) in [4.78, 5) is 15.7. The molecule has 1 N–H and O–H groups in total. The van der Waals surface area contributed by atoms with Crippen LogP contribution in [0.4, 0.5) is 14.6 Å². The normalized spacial score (nSPS) is 10.3. The third-order valence-corrected chi connectivity index (χ3v) is 2.77. The Hall–Kier alpha value is -1.82. The molecule has 0 radical (unpaired) electrons. The predicted molar refractivity (Wildman–Crippen MR) is 70.6 cm³/mol. The molecule has 98 valence electrons. The van der Waals surface area contributed by atoms with Gasteiger partial charge in [0.05, 0.1) is 6.42 Å². The molecule has 1 heterocycles. The van der Waals surface area contributed by atoms with Gasteiger partial charge in [0.1, 0.15) is 10.4 Å². The summed E-state index contributed by atoms with van der Waals surface area (Å²) in [5.74, 6) is -1.86. The number of hydrogen-bond donors (Lipinski definition) is 1. The van der Waals surface area contributed by atoms with Crippen molar-refractivity contribution in [2.45, 2.75) is 6.42 Å². The van der Waals surface area contributed by atoms with Gasteiger partial charge in [-0.2, -0.15) is 0 Å². The Morgan fingerprint density at radius 2 is 2.00 bits per heavy atom. The van der Waals surface area contributed by atoms with Crippen molar-refractivity contribution in [1.29, 1.82) is 0 Å². The first-order valence-electron chi connectivity index (χ1n) is 5.41. The number of amides is 1. The molecule has 0 fully saturated rings. The second kappa shape index (κ2) is 5.88. The fourth-order valence-electron chi connectivity index (χ4n) is 1.50. The number of carbonyl (C=O) groups is 1. The molecule has 6 heteroatoms. The number of aromatic nitrogens is 1. The van der Waals surface area contributed by atoms with E-state index in [0.717, 1.165) is 12.1 Å². The van der Waals surface area contributed by atoms with E-state index in [4.69, 9.17) is 0 Å². The highest BCUT2D eigenvalue weighted by Gasteiger charge is 2.08. The summed E-state index contributed by atoms with van der Waals surface area (Å²) in [6, 6.07) is 8.45. The van der Waals surface area contributed by atoms with Crippen LogP contribution in [0.25, 0.3) is 0 Å². The van der Waals surface area contributed by atoms with E-state index in [1.165, 1.54) is 6.07 Å². The second-order valence-corrected chi connectivity index (χ2v) is 4.63. The minimum Gasteiger partial charge on any atom is -0.310 e. The molecule has 0 saturated heterocycles. The van der Waals surface area contributed by atoms with Gasteiger partial charge < -0.3 is 5.32 Å². The molecule has 0 aliphatic rings. The average Bonchev–Trinajstić information content (AvgIpc) is 2.34. The van der Waals surface area contributed by atoms with Crippen LogP contribution >= 0.6 is 15.9 Å². The van der Waals surface area contributed by atoms with E-state index in [0.29, 0.717) is 16.0 Å². The summed E-state index contributed by atoms with van der Waals surface area (Å²) in [5, 5.41) is 2.57. The summed E-state index contributed by atoms with van der Waals surface area (Å²) in [5.41, 5.74) is 0.395. The van der Waals surface area contributed by atoms with Gasteiger partial charge in [0, 0.05) is 0 Å². The molecule has 1 amide bonds. The van der Waals surface area contributed by atoms with Crippen LogP contribution in [0.2, 0.25) is 0 Å². The molecule has 0 spiro atoms. The number of benzene rings is 1. The maximum atomic E-state index is 13.0. The average molecular weight is 327 g/mol. The van der Waals surface area contributed by atoms with Crippen LogP contribution in [0, 0.1) is 11.6 Å². The van der Waals surface area contributed by atoms with Gasteiger partial charge in [0.25, 0.3) is 0 Å². The van der Waals surface area contributed by atoms with E-state index in [9.17, 15) is 13.6 Å². The van der Waals surface area contributed by atoms with Crippen LogP contribution in [0.15, 0.2) is 41.0 Å². The third-order valence-electron chi connectivity index (χ3n) is 2.33. The Kier molecular flexibility index (Phi) is 4.21. The molecule has 0 saturated carbocycles. The van der Waals surface area contributed by atoms with Gasteiger partial charge in [0.2, 0.25) is 5.91 Å². The SMILES string of the molecule is O=C(Cc1ccc(F)c(F)c1)Nc1cccc(Br)n1. The van der Waals surface area contributed by atoms with Crippen molar-refractivity contribution in [2.75, 3.05) is 5.32 Å². The lowest BCUT2D eigenvalue weighted by Gasteiger charge is -2.05. The molecule has 0 unspecified atom stereocenters. The summed E-state index contributed by atoms with van der Waals surface area (Å²) in [7, 11) is 0. The van der Waals surface area contributed by atoms with Gasteiger partial charge in [-0.1, -0.05) is 12.1 Å². The van der Waals surface area contributed by atoms with E-state index < -0.39 is 11.6 Å². The topological polar surface area (TPSA) is 42.0 Å². The standard InChI is InChI=1S/C13H9BrF2N2O/c14-11-2-1-3-12(17-11)18-13(19)7-8-4-5-9(15)10(16)6-8/h1-6H,7H2,(H,17,18,19). The lowest BCUT2D eigenvalue weighted by molar-refractivity contribution is -0.115. The molecule has 0 bridgehead atoms. The molecule has 3 nitrogen and oxygen atoms in total. The maximum Gasteiger partial charge on any atom is 0.229 e. The van der Waals surface area contributed by atoms with Gasteiger partial charge in [0.15, 0.2) is 11.6 Å². The number of carbonyl (C=O) groups excluding carboxylic acids is 1. The van der Waals surface area contributed by atoms with Crippen molar-refractivity contribution in [2.24, 2.45) is 0 Å². The smallest absolute Gasteiger partial charge is 0.229 e. The number of nitrogens with zero attached hydrogens (tertiary/aromatic N) is 1. The molecular formula is C13H9BrF2N2O. The van der Waals surface area contributed by atoms with E-state index in [1.807, 2.05) is 0 Å². The predicted octanol–water partition coefficient (Wildman–Crippen LogP) is 3.30. The summed E-state index contributed by atoms with van der Waals surface area (Å²) in [6.07, 6.45) is -0.0502. The minimum absolute atomic E-state index is 0.0502. The van der Waals surface area contributed by atoms with Crippen molar-refractivity contribution in [3.8, 4) is 0 Å². The van der Waals surface area contributed by atoms with Crippen molar-refractivity contribution in [3.05, 3.63) is 58.2 Å². The Morgan fingerprint density at radius 3 is 2.68 bits per heavy atom. The number of hydrogen-bond acceptors (Lipinski definition) is 2. The Morgan fingerprint density at radius 1 is 1.21 bits per heavy atom. The van der Waals surface area contributed by atoms with Crippen molar-refractivity contribution in [3.63, 3.8) is 0 Å². The van der Waals surface area contributed by atoms with Crippen LogP contribution < -0.4 is 5.32 Å². The molecule has 2 rings (SSSR count). The quantitative estimate of drug-likeness (QED) is 0.879. The molecule has 1 aromatic heterocycles. The van der Waals surface area contributed by atoms with Crippen molar-refractivity contribution >= 4 is 27.7 Å². The van der Waals surface area contributed by atoms with Gasteiger partial charge in [-0.25, -0.2) is 13.8 Å². The zero-order valence-corrected chi connectivity index (χ0v) is 11.2. The van der Waals surface area contributed by atoms with Gasteiger partial charge in [-0.15, -0.1) is 0 Å². The third kappa shape index (κ3) is 3.82. The number of anilines is 1. The number of rotatable bonds is 3. The highest BCUT2D eigenvalue weighted by Crippen LogP contribution is 2.12. The van der Waals surface area contributed by atoms with Gasteiger partial charge in [-0.05, 0) is 45.8 Å². The number of nitrogens with one attached hydrogen (secondary N) is 1. The van der Waals surface area contributed by atoms with E-state index >= 15 is 0 Å². The lowest BCUT2D eigenvalue weighted by Crippen LogP contribution is -2.15. The van der Waals surface area contributed by atoms with E-state index in [2.05, 4.69) is 26.2 Å². The summed E-state index contributed by atoms with van der Waals surface area (Å²) < 4.78 is 26.3. The number of halogens is 3. The van der Waals surface area contributed by atoms with Crippen molar-refractivity contribution in [1.82, 2.24) is 4.98 Å². The Balaban J connectivity index is 2.03. The molecule has 0 aliphatic heterocycles. The Labute approximate surface area is 116 Å². The fraction of sp³-hybridized carbons (Fsp3) is 0.0769. The minimum atomic E-state index is -0.967. The maximum absolute atomic E-state index is 13.0. The zero-order valence-electron chi connectivity index (χ0n) is 9.66. The van der Waals surface area contributed by atoms with Gasteiger partial charge >= 0.3 is 0 Å². The monoisotopic (exact) mass is 326 g/mol. The molecule has 0 aliphatic carbocycles. The summed E-state index contributed by atoms with van der Waals surface area (Å²) >= 11 is 3.18. The van der Waals surface area contributed by atoms with Crippen LogP contribution in [-0.2, 0) is 11.2 Å². The Bertz CT molecular complexity index is 619. The molecule has 1 aromatic carbocycles. The first-order valence-corrected chi connectivity index (χ1v) is 6.20. The largest absolute Gasteiger partial charge is 0.310 e. The second-order valence-electron chi connectivity index (χ2n) is 3.82. The van der Waals surface area contributed by atoms with Crippen LogP contribution in [0.1, 0.15) is 5.56 Å². The fourth-order valence-corrected chi connectivity index (χ4v) is 1.84. The van der Waals surface area contributed by atoms with Crippen LogP contribution in [0.5, 0.6) is 0 Å². The molecule has 2 aromatic rings. The first-order chi connectivity index (χ1) is 9.04.